The molecule has 0 spiro atoms. The summed E-state index contributed by atoms with van der Waals surface area (Å²) in [7, 11) is 0. The minimum absolute atomic E-state index is 0.230. The highest BCUT2D eigenvalue weighted by atomic mass is 35.5. The second kappa shape index (κ2) is 7.77. The van der Waals surface area contributed by atoms with Crippen molar-refractivity contribution >= 4 is 50.8 Å². The lowest BCUT2D eigenvalue weighted by Gasteiger charge is -2.11. The van der Waals surface area contributed by atoms with Gasteiger partial charge in [0.2, 0.25) is 0 Å². The summed E-state index contributed by atoms with van der Waals surface area (Å²) < 4.78 is 1.81. The number of carbonyl (C=O) groups is 1. The molecule has 5 aromatic rings. The van der Waals surface area contributed by atoms with Gasteiger partial charge in [-0.2, -0.15) is 0 Å². The number of aromatic nitrogens is 1. The van der Waals surface area contributed by atoms with Gasteiger partial charge in [0.05, 0.1) is 10.0 Å². The van der Waals surface area contributed by atoms with Crippen molar-refractivity contribution in [1.29, 1.82) is 0 Å². The first-order chi connectivity index (χ1) is 15.0. The quantitative estimate of drug-likeness (QED) is 0.310. The predicted octanol–water partition coefficient (Wildman–Crippen LogP) is 7.51. The average molecular weight is 446 g/mol. The molecule has 0 unspecified atom stereocenters. The fourth-order valence-corrected chi connectivity index (χ4v) is 4.47. The number of aromatic carboxylic acids is 1. The Kier molecular flexibility index (Phi) is 4.93. The molecule has 31 heavy (non-hydrogen) atoms. The van der Waals surface area contributed by atoms with Gasteiger partial charge in [-0.05, 0) is 51.7 Å². The molecule has 1 N–H and O–H groups in total. The Morgan fingerprint density at radius 2 is 1.48 bits per heavy atom. The van der Waals surface area contributed by atoms with E-state index in [0.717, 1.165) is 38.4 Å². The fourth-order valence-electron chi connectivity index (χ4n) is 4.15. The van der Waals surface area contributed by atoms with Crippen LogP contribution >= 0.6 is 23.2 Å². The summed E-state index contributed by atoms with van der Waals surface area (Å²) in [5, 5.41) is 14.0. The van der Waals surface area contributed by atoms with Crippen LogP contribution in [0.15, 0.2) is 84.9 Å². The molecule has 5 rings (SSSR count). The molecule has 1 aromatic heterocycles. The molecule has 1 heterocycles. The molecule has 0 bridgehead atoms. The number of nitrogens with zero attached hydrogens (tertiary/aromatic N) is 1. The van der Waals surface area contributed by atoms with E-state index in [1.54, 1.807) is 18.2 Å². The highest BCUT2D eigenvalue weighted by Crippen LogP contribution is 2.36. The first kappa shape index (κ1) is 19.7. The lowest BCUT2D eigenvalue weighted by atomic mass is 9.96. The predicted molar refractivity (Wildman–Crippen MR) is 127 cm³/mol. The minimum atomic E-state index is -0.972. The molecule has 0 saturated carbocycles. The van der Waals surface area contributed by atoms with Crippen molar-refractivity contribution in [3.8, 4) is 11.1 Å². The Labute approximate surface area is 189 Å². The molecule has 0 aliphatic carbocycles. The van der Waals surface area contributed by atoms with Crippen LogP contribution in [0, 0.1) is 0 Å². The van der Waals surface area contributed by atoms with Gasteiger partial charge in [0.15, 0.2) is 0 Å². The SMILES string of the molecule is O=C(O)c1cc2c(-c3cccc4ccccc34)cccc2n1Cc1ccc(Cl)c(Cl)c1. The Hall–Kier alpha value is -3.27. The second-order valence-electron chi connectivity index (χ2n) is 7.43. The Bertz CT molecular complexity index is 1460. The molecule has 4 aromatic carbocycles. The van der Waals surface area contributed by atoms with Gasteiger partial charge in [0.25, 0.3) is 0 Å². The fraction of sp³-hybridized carbons (Fsp3) is 0.0385. The van der Waals surface area contributed by atoms with Crippen LogP contribution < -0.4 is 0 Å². The molecule has 0 fully saturated rings. The number of rotatable bonds is 4. The Morgan fingerprint density at radius 3 is 2.26 bits per heavy atom. The average Bonchev–Trinajstić information content (AvgIpc) is 3.15. The standard InChI is InChI=1S/C26H17Cl2NO2/c27-22-12-11-16(13-23(22)28)15-29-24-10-4-9-20(21(24)14-25(29)26(30)31)19-8-3-6-17-5-1-2-7-18(17)19/h1-14H,15H2,(H,30,31). The number of hydrogen-bond donors (Lipinski definition) is 1. The summed E-state index contributed by atoms with van der Waals surface area (Å²) in [6.07, 6.45) is 0. The maximum Gasteiger partial charge on any atom is 0.352 e. The molecule has 5 heteroatoms. The molecule has 0 atom stereocenters. The van der Waals surface area contributed by atoms with Gasteiger partial charge in [-0.1, -0.05) is 83.9 Å². The molecular formula is C26H17Cl2NO2. The number of carboxylic acid groups (broad SMARTS) is 1. The zero-order valence-corrected chi connectivity index (χ0v) is 17.9. The molecule has 0 amide bonds. The molecule has 0 radical (unpaired) electrons. The normalized spacial score (nSPS) is 11.3. The van der Waals surface area contributed by atoms with Crippen LogP contribution in [0.4, 0.5) is 0 Å². The third-order valence-corrected chi connectivity index (χ3v) is 6.31. The van der Waals surface area contributed by atoms with E-state index in [-0.39, 0.29) is 5.69 Å². The second-order valence-corrected chi connectivity index (χ2v) is 8.25. The topological polar surface area (TPSA) is 42.2 Å². The van der Waals surface area contributed by atoms with E-state index in [4.69, 9.17) is 23.2 Å². The number of carboxylic acids is 1. The van der Waals surface area contributed by atoms with Gasteiger partial charge in [0.1, 0.15) is 5.69 Å². The largest absolute Gasteiger partial charge is 0.477 e. The van der Waals surface area contributed by atoms with Crippen molar-refractivity contribution in [2.75, 3.05) is 0 Å². The number of hydrogen-bond acceptors (Lipinski definition) is 1. The van der Waals surface area contributed by atoms with Gasteiger partial charge < -0.3 is 9.67 Å². The maximum absolute atomic E-state index is 12.1. The zero-order valence-electron chi connectivity index (χ0n) is 16.3. The Morgan fingerprint density at radius 1 is 0.774 bits per heavy atom. The van der Waals surface area contributed by atoms with Crippen LogP contribution in [-0.4, -0.2) is 15.6 Å². The van der Waals surface area contributed by atoms with Gasteiger partial charge in [0, 0.05) is 17.4 Å². The van der Waals surface area contributed by atoms with Crippen LogP contribution in [-0.2, 0) is 6.54 Å². The minimum Gasteiger partial charge on any atom is -0.477 e. The number of halogens is 2. The molecule has 3 nitrogen and oxygen atoms in total. The first-order valence-electron chi connectivity index (χ1n) is 9.80. The Balaban J connectivity index is 1.74. The summed E-state index contributed by atoms with van der Waals surface area (Å²) in [4.78, 5) is 12.1. The van der Waals surface area contributed by atoms with E-state index >= 15 is 0 Å². The van der Waals surface area contributed by atoms with Crippen molar-refractivity contribution in [3.05, 3.63) is 106 Å². The van der Waals surface area contributed by atoms with E-state index in [0.29, 0.717) is 16.6 Å². The van der Waals surface area contributed by atoms with Crippen molar-refractivity contribution in [2.45, 2.75) is 6.54 Å². The molecular weight excluding hydrogens is 429 g/mol. The number of fused-ring (bicyclic) bond motifs is 2. The van der Waals surface area contributed by atoms with Crippen LogP contribution in [0.1, 0.15) is 16.1 Å². The van der Waals surface area contributed by atoms with Crippen LogP contribution in [0.3, 0.4) is 0 Å². The molecule has 0 aliphatic rings. The van der Waals surface area contributed by atoms with Crippen molar-refractivity contribution in [3.63, 3.8) is 0 Å². The van der Waals surface area contributed by atoms with Gasteiger partial charge >= 0.3 is 5.97 Å². The third-order valence-electron chi connectivity index (χ3n) is 5.57. The van der Waals surface area contributed by atoms with E-state index in [2.05, 4.69) is 24.3 Å². The lowest BCUT2D eigenvalue weighted by molar-refractivity contribution is 0.0686. The summed E-state index contributed by atoms with van der Waals surface area (Å²) in [5.41, 5.74) is 4.05. The van der Waals surface area contributed by atoms with Gasteiger partial charge in [-0.25, -0.2) is 4.79 Å². The van der Waals surface area contributed by atoms with E-state index < -0.39 is 5.97 Å². The smallest absolute Gasteiger partial charge is 0.352 e. The van der Waals surface area contributed by atoms with Crippen molar-refractivity contribution in [1.82, 2.24) is 4.57 Å². The zero-order chi connectivity index (χ0) is 21.5. The van der Waals surface area contributed by atoms with E-state index in [9.17, 15) is 9.90 Å². The number of benzene rings is 4. The van der Waals surface area contributed by atoms with Crippen LogP contribution in [0.5, 0.6) is 0 Å². The van der Waals surface area contributed by atoms with E-state index in [1.165, 1.54) is 0 Å². The summed E-state index contributed by atoms with van der Waals surface area (Å²) in [6, 6.07) is 27.5. The summed E-state index contributed by atoms with van der Waals surface area (Å²) >= 11 is 12.2. The van der Waals surface area contributed by atoms with Gasteiger partial charge in [-0.3, -0.25) is 0 Å². The van der Waals surface area contributed by atoms with Crippen molar-refractivity contribution in [2.24, 2.45) is 0 Å². The highest BCUT2D eigenvalue weighted by Gasteiger charge is 2.18. The highest BCUT2D eigenvalue weighted by molar-refractivity contribution is 6.42. The van der Waals surface area contributed by atoms with E-state index in [1.807, 2.05) is 47.0 Å². The first-order valence-corrected chi connectivity index (χ1v) is 10.6. The summed E-state index contributed by atoms with van der Waals surface area (Å²) in [6.45, 7) is 0.376. The monoisotopic (exact) mass is 445 g/mol. The third kappa shape index (κ3) is 3.46. The van der Waals surface area contributed by atoms with Crippen LogP contribution in [0.2, 0.25) is 10.0 Å². The lowest BCUT2D eigenvalue weighted by Crippen LogP contribution is -2.09. The van der Waals surface area contributed by atoms with Gasteiger partial charge in [-0.15, -0.1) is 0 Å². The van der Waals surface area contributed by atoms with Crippen LogP contribution in [0.25, 0.3) is 32.8 Å². The molecule has 0 saturated heterocycles. The molecule has 0 aliphatic heterocycles. The maximum atomic E-state index is 12.1. The van der Waals surface area contributed by atoms with Crippen molar-refractivity contribution < 1.29 is 9.90 Å². The summed E-state index contributed by atoms with van der Waals surface area (Å²) in [5.74, 6) is -0.972. The molecule has 152 valence electrons.